The van der Waals surface area contributed by atoms with Crippen LogP contribution in [0.1, 0.15) is 37.1 Å². The van der Waals surface area contributed by atoms with Crippen LogP contribution in [-0.2, 0) is 12.8 Å². The Morgan fingerprint density at radius 1 is 0.903 bits per heavy atom. The van der Waals surface area contributed by atoms with Crippen molar-refractivity contribution in [1.29, 1.82) is 0 Å². The van der Waals surface area contributed by atoms with Gasteiger partial charge in [-0.25, -0.2) is 0 Å². The first-order valence-electron chi connectivity index (χ1n) is 10.3. The van der Waals surface area contributed by atoms with Crippen molar-refractivity contribution in [3.05, 3.63) is 94.7 Å². The molecule has 0 spiro atoms. The predicted molar refractivity (Wildman–Crippen MR) is 137 cm³/mol. The Hall–Kier alpha value is -3.13. The Morgan fingerprint density at radius 2 is 1.65 bits per heavy atom. The first-order valence-corrected chi connectivity index (χ1v) is 10.3. The molecule has 0 amide bonds. The summed E-state index contributed by atoms with van der Waals surface area (Å²) in [7, 11) is 4.35. The van der Waals surface area contributed by atoms with E-state index in [4.69, 9.17) is 0 Å². The highest BCUT2D eigenvalue weighted by atomic mass is 15.1. The lowest BCUT2D eigenvalue weighted by Crippen LogP contribution is -2.10. The molecule has 0 saturated carbocycles. The zero-order valence-electron chi connectivity index (χ0n) is 17.7. The van der Waals surface area contributed by atoms with Crippen LogP contribution in [-0.4, -0.2) is 24.4 Å². The second kappa shape index (κ2) is 8.55. The molecule has 5 rings (SSSR count). The molecule has 3 aromatic carbocycles. The molecule has 0 aromatic heterocycles. The van der Waals surface area contributed by atoms with E-state index in [1.165, 1.54) is 55.8 Å². The molecule has 160 valence electrons. The van der Waals surface area contributed by atoms with Crippen LogP contribution in [0.4, 0.5) is 11.4 Å². The second-order valence-electron chi connectivity index (χ2n) is 8.40. The fraction of sp³-hybridized carbons (Fsp3) is 0.276. The highest BCUT2D eigenvalue weighted by Crippen LogP contribution is 2.35. The van der Waals surface area contributed by atoms with Gasteiger partial charge in [-0.15, -0.1) is 0 Å². The highest BCUT2D eigenvalue weighted by Gasteiger charge is 2.27. The fourth-order valence-electron chi connectivity index (χ4n) is 4.72. The quantitative estimate of drug-likeness (QED) is 0.406. The van der Waals surface area contributed by atoms with Gasteiger partial charge in [-0.2, -0.15) is 4.58 Å². The molecule has 2 heteroatoms. The molecule has 0 radical (unpaired) electrons. The number of aryl methyl sites for hydroxylation is 2. The molecule has 2 nitrogen and oxygen atoms in total. The van der Waals surface area contributed by atoms with E-state index in [1.54, 1.807) is 0 Å². The maximum absolute atomic E-state index is 2.33. The Morgan fingerprint density at radius 3 is 2.45 bits per heavy atom. The van der Waals surface area contributed by atoms with Gasteiger partial charge in [0.05, 0.1) is 6.42 Å². The van der Waals surface area contributed by atoms with Crippen LogP contribution in [0, 0.1) is 13.8 Å². The van der Waals surface area contributed by atoms with E-state index in [0.717, 1.165) is 12.8 Å². The summed E-state index contributed by atoms with van der Waals surface area (Å²) in [5.41, 5.74) is 10.9. The highest BCUT2D eigenvalue weighted by molar-refractivity contribution is 6.01. The minimum absolute atomic E-state index is 0. The summed E-state index contributed by atoms with van der Waals surface area (Å²) in [6.07, 6.45) is 8.75. The van der Waals surface area contributed by atoms with E-state index < -0.39 is 0 Å². The number of likely N-dealkylation sites (N-methyl/N-ethyl adjacent to an activating group) is 1. The van der Waals surface area contributed by atoms with E-state index in [2.05, 4.69) is 104 Å². The maximum atomic E-state index is 2.33. The largest absolute Gasteiger partial charge is 0.348 e. The molecule has 0 fully saturated rings. The molecular weight excluding hydrogens is 376 g/mol. The lowest BCUT2D eigenvalue weighted by molar-refractivity contribution is -0.400. The summed E-state index contributed by atoms with van der Waals surface area (Å²) in [5.74, 6) is 0. The zero-order valence-corrected chi connectivity index (χ0v) is 17.7. The molecule has 0 bridgehead atoms. The molecule has 0 unspecified atom stereocenters. The van der Waals surface area contributed by atoms with Crippen molar-refractivity contribution in [3.63, 3.8) is 0 Å². The number of nitrogens with zero attached hydrogens (tertiary/aromatic N) is 2. The average molecular weight is 412 g/mol. The van der Waals surface area contributed by atoms with Gasteiger partial charge in [0.1, 0.15) is 7.05 Å². The second-order valence-corrected chi connectivity index (χ2v) is 8.40. The van der Waals surface area contributed by atoms with Crippen LogP contribution >= 0.6 is 0 Å². The normalized spacial score (nSPS) is 16.0. The summed E-state index contributed by atoms with van der Waals surface area (Å²) in [5, 5.41) is 2.72. The predicted octanol–water partition coefficient (Wildman–Crippen LogP) is 7.13. The van der Waals surface area contributed by atoms with Gasteiger partial charge in [0.15, 0.2) is 5.71 Å². The molecular formula is C29H35N2+. The van der Waals surface area contributed by atoms with Gasteiger partial charge in [0.25, 0.3) is 0 Å². The van der Waals surface area contributed by atoms with Crippen molar-refractivity contribution in [1.82, 2.24) is 0 Å². The van der Waals surface area contributed by atoms with Crippen LogP contribution in [0.15, 0.2) is 72.5 Å². The average Bonchev–Trinajstić information content (AvgIpc) is 3.18. The van der Waals surface area contributed by atoms with Crippen LogP contribution in [0.25, 0.3) is 10.8 Å². The van der Waals surface area contributed by atoms with Crippen LogP contribution in [0.2, 0.25) is 0 Å². The van der Waals surface area contributed by atoms with Crippen molar-refractivity contribution in [3.8, 4) is 0 Å². The number of benzene rings is 3. The molecule has 31 heavy (non-hydrogen) atoms. The molecule has 0 N–H and O–H groups in total. The number of hydrogen-bond acceptors (Lipinski definition) is 1. The third-order valence-corrected chi connectivity index (χ3v) is 6.39. The molecule has 3 aromatic rings. The van der Waals surface area contributed by atoms with E-state index >= 15 is 0 Å². The lowest BCUT2D eigenvalue weighted by atomic mass is 9.99. The third kappa shape index (κ3) is 3.83. The molecule has 0 saturated heterocycles. The van der Waals surface area contributed by atoms with Crippen LogP contribution in [0.5, 0.6) is 0 Å². The molecule has 0 atom stereocenters. The minimum atomic E-state index is 0. The third-order valence-electron chi connectivity index (χ3n) is 6.39. The van der Waals surface area contributed by atoms with Crippen molar-refractivity contribution in [2.75, 3.05) is 19.0 Å². The SMILES string of the molecule is C.C.Cc1ccc2c(c1)CC(=CC=CC1=[N+](C)c3ccc4cc(C)ccc4c3C1)N2C. The van der Waals surface area contributed by atoms with E-state index in [0.29, 0.717) is 0 Å². The van der Waals surface area contributed by atoms with E-state index in [9.17, 15) is 0 Å². The summed E-state index contributed by atoms with van der Waals surface area (Å²) in [4.78, 5) is 2.31. The van der Waals surface area contributed by atoms with Gasteiger partial charge >= 0.3 is 0 Å². The fourth-order valence-corrected chi connectivity index (χ4v) is 4.72. The van der Waals surface area contributed by atoms with Gasteiger partial charge in [0.2, 0.25) is 5.69 Å². The van der Waals surface area contributed by atoms with E-state index in [-0.39, 0.29) is 14.9 Å². The Balaban J connectivity index is 0.00000136. The van der Waals surface area contributed by atoms with Gasteiger partial charge < -0.3 is 4.90 Å². The molecule has 2 aliphatic heterocycles. The number of hydrogen-bond donors (Lipinski definition) is 0. The number of rotatable bonds is 2. The zero-order chi connectivity index (χ0) is 20.1. The smallest absolute Gasteiger partial charge is 0.209 e. The minimum Gasteiger partial charge on any atom is -0.348 e. The molecule has 2 heterocycles. The van der Waals surface area contributed by atoms with Crippen molar-refractivity contribution >= 4 is 27.9 Å². The maximum Gasteiger partial charge on any atom is 0.209 e. The number of fused-ring (bicyclic) bond motifs is 4. The van der Waals surface area contributed by atoms with E-state index in [1.807, 2.05) is 0 Å². The number of anilines is 1. The topological polar surface area (TPSA) is 6.25 Å². The van der Waals surface area contributed by atoms with Crippen molar-refractivity contribution in [2.45, 2.75) is 41.5 Å². The van der Waals surface area contributed by atoms with Gasteiger partial charge in [-0.3, -0.25) is 0 Å². The summed E-state index contributed by atoms with van der Waals surface area (Å²) >= 11 is 0. The monoisotopic (exact) mass is 411 g/mol. The van der Waals surface area contributed by atoms with Gasteiger partial charge in [-0.1, -0.05) is 62.4 Å². The van der Waals surface area contributed by atoms with Crippen molar-refractivity contribution < 1.29 is 4.58 Å². The Kier molecular flexibility index (Phi) is 6.22. The van der Waals surface area contributed by atoms with Crippen LogP contribution < -0.4 is 4.90 Å². The van der Waals surface area contributed by atoms with Gasteiger partial charge in [-0.05, 0) is 48.4 Å². The first-order chi connectivity index (χ1) is 14.0. The molecule has 0 aliphatic carbocycles. The summed E-state index contributed by atoms with van der Waals surface area (Å²) in [6, 6.07) is 18.0. The first kappa shape index (κ1) is 22.6. The summed E-state index contributed by atoms with van der Waals surface area (Å²) in [6.45, 7) is 4.32. The molecule has 2 aliphatic rings. The van der Waals surface area contributed by atoms with Crippen molar-refractivity contribution in [2.24, 2.45) is 0 Å². The van der Waals surface area contributed by atoms with Crippen LogP contribution in [0.3, 0.4) is 0 Å². The number of allylic oxidation sites excluding steroid dienone is 4. The lowest BCUT2D eigenvalue weighted by Gasteiger charge is -2.14. The Bertz CT molecular complexity index is 1240. The van der Waals surface area contributed by atoms with Gasteiger partial charge in [0, 0.05) is 42.6 Å². The summed E-state index contributed by atoms with van der Waals surface area (Å²) < 4.78 is 2.33. The Labute approximate surface area is 187 Å². The standard InChI is InChI=1S/C27H27N2.2CH4/c1-18-8-11-24-20(14-18)10-13-27-25(24)17-23(29(27)4)7-5-6-22-16-21-15-19(2)9-12-26(21)28(22)3;;/h5-15H,16-17H2,1-4H3;2*1H4/q+1;;.